The van der Waals surface area contributed by atoms with Crippen molar-refractivity contribution in [1.29, 1.82) is 0 Å². The molecule has 0 spiro atoms. The van der Waals surface area contributed by atoms with Gasteiger partial charge in [0.25, 0.3) is 0 Å². The number of hydrogen-bond donors (Lipinski definition) is 0. The largest absolute Gasteiger partial charge is 0.338 e. The molecule has 3 nitrogen and oxygen atoms in total. The molecule has 1 atom stereocenters. The van der Waals surface area contributed by atoms with Crippen molar-refractivity contribution in [2.75, 3.05) is 11.4 Å². The van der Waals surface area contributed by atoms with E-state index in [4.69, 9.17) is 0 Å². The minimum Gasteiger partial charge on any atom is -0.338 e. The Hall–Kier alpha value is -0.640. The Labute approximate surface area is 92.7 Å². The maximum absolute atomic E-state index is 4.32. The average molecular weight is 256 g/mol. The maximum Gasteiger partial charge on any atom is 0.225 e. The quantitative estimate of drug-likeness (QED) is 0.773. The highest BCUT2D eigenvalue weighted by molar-refractivity contribution is 9.10. The molecule has 0 bridgehead atoms. The number of piperidine rings is 1. The third-order valence-electron chi connectivity index (χ3n) is 2.67. The van der Waals surface area contributed by atoms with Gasteiger partial charge in [0.2, 0.25) is 5.95 Å². The number of aromatic nitrogens is 2. The second-order valence-corrected chi connectivity index (χ2v) is 4.66. The lowest BCUT2D eigenvalue weighted by molar-refractivity contribution is 0.477. The average Bonchev–Trinajstić information content (AvgIpc) is 2.20. The van der Waals surface area contributed by atoms with E-state index in [9.17, 15) is 0 Å². The van der Waals surface area contributed by atoms with Crippen LogP contribution in [0, 0.1) is 0 Å². The van der Waals surface area contributed by atoms with Crippen LogP contribution in [0.5, 0.6) is 0 Å². The van der Waals surface area contributed by atoms with Crippen molar-refractivity contribution in [2.24, 2.45) is 0 Å². The van der Waals surface area contributed by atoms with Gasteiger partial charge in [-0.15, -0.1) is 0 Å². The third kappa shape index (κ3) is 2.05. The molecule has 0 amide bonds. The minimum atomic E-state index is 0.574. The molecule has 0 radical (unpaired) electrons. The van der Waals surface area contributed by atoms with Crippen LogP contribution >= 0.6 is 15.9 Å². The molecular weight excluding hydrogens is 242 g/mol. The van der Waals surface area contributed by atoms with Gasteiger partial charge in [-0.3, -0.25) is 0 Å². The molecular formula is C10H14BrN3. The van der Waals surface area contributed by atoms with E-state index in [0.29, 0.717) is 6.04 Å². The fourth-order valence-electron chi connectivity index (χ4n) is 1.85. The van der Waals surface area contributed by atoms with Crippen LogP contribution in [0.2, 0.25) is 0 Å². The van der Waals surface area contributed by atoms with Crippen LogP contribution in [0.25, 0.3) is 0 Å². The second-order valence-electron chi connectivity index (χ2n) is 3.74. The molecule has 1 unspecified atom stereocenters. The predicted molar refractivity (Wildman–Crippen MR) is 60.4 cm³/mol. The fraction of sp³-hybridized carbons (Fsp3) is 0.600. The number of nitrogens with zero attached hydrogens (tertiary/aromatic N) is 3. The monoisotopic (exact) mass is 255 g/mol. The number of rotatable bonds is 1. The number of hydrogen-bond acceptors (Lipinski definition) is 3. The van der Waals surface area contributed by atoms with E-state index in [1.54, 1.807) is 0 Å². The van der Waals surface area contributed by atoms with Crippen LogP contribution < -0.4 is 4.90 Å². The molecule has 1 aromatic heterocycles. The van der Waals surface area contributed by atoms with Gasteiger partial charge in [0.15, 0.2) is 0 Å². The van der Waals surface area contributed by atoms with Gasteiger partial charge in [-0.2, -0.15) is 0 Å². The van der Waals surface area contributed by atoms with Gasteiger partial charge >= 0.3 is 0 Å². The first-order valence-electron chi connectivity index (χ1n) is 5.01. The van der Waals surface area contributed by atoms with E-state index in [2.05, 4.69) is 37.7 Å². The summed E-state index contributed by atoms with van der Waals surface area (Å²) in [5, 5.41) is 0. The fourth-order valence-corrected chi connectivity index (χ4v) is 2.05. The molecule has 4 heteroatoms. The van der Waals surface area contributed by atoms with Crippen molar-refractivity contribution in [3.63, 3.8) is 0 Å². The highest BCUT2D eigenvalue weighted by Gasteiger charge is 2.20. The maximum atomic E-state index is 4.32. The molecule has 2 rings (SSSR count). The molecule has 1 aliphatic heterocycles. The number of anilines is 1. The molecule has 14 heavy (non-hydrogen) atoms. The van der Waals surface area contributed by atoms with Gasteiger partial charge in [-0.1, -0.05) is 0 Å². The first-order chi connectivity index (χ1) is 6.77. The van der Waals surface area contributed by atoms with Gasteiger partial charge in [-0.25, -0.2) is 9.97 Å². The van der Waals surface area contributed by atoms with Crippen molar-refractivity contribution in [3.05, 3.63) is 16.9 Å². The Bertz CT molecular complexity index is 299. The van der Waals surface area contributed by atoms with Crippen LogP contribution in [0.15, 0.2) is 16.9 Å². The summed E-state index contributed by atoms with van der Waals surface area (Å²) in [5.41, 5.74) is 0. The lowest BCUT2D eigenvalue weighted by Gasteiger charge is -2.33. The topological polar surface area (TPSA) is 29.0 Å². The molecule has 1 aliphatic rings. The molecule has 0 N–H and O–H groups in total. The molecule has 76 valence electrons. The van der Waals surface area contributed by atoms with Crippen molar-refractivity contribution in [1.82, 2.24) is 9.97 Å². The summed E-state index contributed by atoms with van der Waals surface area (Å²) in [6.45, 7) is 3.33. The van der Waals surface area contributed by atoms with Crippen molar-refractivity contribution in [2.45, 2.75) is 32.2 Å². The molecule has 0 aromatic carbocycles. The van der Waals surface area contributed by atoms with E-state index in [1.165, 1.54) is 19.3 Å². The Balaban J connectivity index is 2.16. The first kappa shape index (κ1) is 9.90. The van der Waals surface area contributed by atoms with Crippen LogP contribution in [0.4, 0.5) is 5.95 Å². The van der Waals surface area contributed by atoms with Gasteiger partial charge in [-0.05, 0) is 42.1 Å². The van der Waals surface area contributed by atoms with Crippen molar-refractivity contribution in [3.8, 4) is 0 Å². The van der Waals surface area contributed by atoms with E-state index in [1.807, 2.05) is 12.4 Å². The van der Waals surface area contributed by atoms with Gasteiger partial charge in [0.05, 0.1) is 4.47 Å². The second kappa shape index (κ2) is 4.26. The lowest BCUT2D eigenvalue weighted by Crippen LogP contribution is -2.38. The zero-order valence-corrected chi connectivity index (χ0v) is 9.87. The van der Waals surface area contributed by atoms with Crippen molar-refractivity contribution < 1.29 is 0 Å². The normalized spacial score (nSPS) is 22.4. The molecule has 0 saturated carbocycles. The highest BCUT2D eigenvalue weighted by atomic mass is 79.9. The molecule has 1 aromatic rings. The lowest BCUT2D eigenvalue weighted by atomic mass is 10.0. The smallest absolute Gasteiger partial charge is 0.225 e. The van der Waals surface area contributed by atoms with E-state index >= 15 is 0 Å². The van der Waals surface area contributed by atoms with E-state index in [-0.39, 0.29) is 0 Å². The third-order valence-corrected chi connectivity index (χ3v) is 3.08. The zero-order valence-electron chi connectivity index (χ0n) is 8.28. The minimum absolute atomic E-state index is 0.574. The van der Waals surface area contributed by atoms with E-state index in [0.717, 1.165) is 17.0 Å². The standard InChI is InChI=1S/C10H14BrN3/c1-8-4-2-3-5-14(8)10-12-6-9(11)7-13-10/h6-8H,2-5H2,1H3. The summed E-state index contributed by atoms with van der Waals surface area (Å²) in [5.74, 6) is 0.861. The van der Waals surface area contributed by atoms with E-state index < -0.39 is 0 Å². The Morgan fingerprint density at radius 3 is 2.71 bits per heavy atom. The molecule has 0 aliphatic carbocycles. The van der Waals surface area contributed by atoms with Crippen LogP contribution in [-0.4, -0.2) is 22.6 Å². The van der Waals surface area contributed by atoms with Crippen LogP contribution in [-0.2, 0) is 0 Å². The van der Waals surface area contributed by atoms with Crippen molar-refractivity contribution >= 4 is 21.9 Å². The predicted octanol–water partition coefficient (Wildman–Crippen LogP) is 2.62. The molecule has 1 fully saturated rings. The summed E-state index contributed by atoms with van der Waals surface area (Å²) >= 11 is 3.34. The summed E-state index contributed by atoms with van der Waals surface area (Å²) in [4.78, 5) is 10.9. The zero-order chi connectivity index (χ0) is 9.97. The summed E-state index contributed by atoms with van der Waals surface area (Å²) in [7, 11) is 0. The SMILES string of the molecule is CC1CCCCN1c1ncc(Br)cn1. The summed E-state index contributed by atoms with van der Waals surface area (Å²) in [6, 6.07) is 0.574. The van der Waals surface area contributed by atoms with Crippen LogP contribution in [0.3, 0.4) is 0 Å². The number of halogens is 1. The summed E-state index contributed by atoms with van der Waals surface area (Å²) < 4.78 is 0.936. The molecule has 2 heterocycles. The Morgan fingerprint density at radius 2 is 2.07 bits per heavy atom. The summed E-state index contributed by atoms with van der Waals surface area (Å²) in [6.07, 6.45) is 7.45. The Kier molecular flexibility index (Phi) is 3.01. The van der Waals surface area contributed by atoms with Crippen LogP contribution in [0.1, 0.15) is 26.2 Å². The molecule has 1 saturated heterocycles. The Morgan fingerprint density at radius 1 is 1.36 bits per heavy atom. The van der Waals surface area contributed by atoms with Gasteiger partial charge in [0.1, 0.15) is 0 Å². The first-order valence-corrected chi connectivity index (χ1v) is 5.81. The highest BCUT2D eigenvalue weighted by Crippen LogP contribution is 2.21. The van der Waals surface area contributed by atoms with Gasteiger partial charge < -0.3 is 4.90 Å². The van der Waals surface area contributed by atoms with Gasteiger partial charge in [0, 0.05) is 25.0 Å².